The van der Waals surface area contributed by atoms with Crippen LogP contribution in [0.3, 0.4) is 0 Å². The number of hydrogen-bond acceptors (Lipinski definition) is 4. The van der Waals surface area contributed by atoms with E-state index in [9.17, 15) is 0 Å². The summed E-state index contributed by atoms with van der Waals surface area (Å²) in [7, 11) is 0. The van der Waals surface area contributed by atoms with Crippen molar-refractivity contribution in [2.24, 2.45) is 0 Å². The third kappa shape index (κ3) is 3.19. The van der Waals surface area contributed by atoms with E-state index in [-0.39, 0.29) is 5.92 Å². The van der Waals surface area contributed by atoms with Gasteiger partial charge in [0.25, 0.3) is 0 Å². The Morgan fingerprint density at radius 3 is 1.79 bits per heavy atom. The summed E-state index contributed by atoms with van der Waals surface area (Å²) in [5.41, 5.74) is 2.23. The van der Waals surface area contributed by atoms with Gasteiger partial charge in [0.2, 0.25) is 0 Å². The Hall–Kier alpha value is -2.62. The molecule has 2 aromatic rings. The molecule has 2 N–H and O–H groups in total. The molecule has 0 saturated heterocycles. The zero-order valence-electron chi connectivity index (χ0n) is 10.3. The minimum absolute atomic E-state index is 0.152. The third-order valence-corrected chi connectivity index (χ3v) is 2.71. The van der Waals surface area contributed by atoms with Gasteiger partial charge in [-0.3, -0.25) is 9.97 Å². The van der Waals surface area contributed by atoms with E-state index >= 15 is 0 Å². The molecule has 94 valence electrons. The van der Waals surface area contributed by atoms with Crippen molar-refractivity contribution in [1.82, 2.24) is 9.97 Å². The lowest BCUT2D eigenvalue weighted by atomic mass is 9.97. The van der Waals surface area contributed by atoms with Gasteiger partial charge in [0.1, 0.15) is 0 Å². The molecular formula is C15H14N4. The lowest BCUT2D eigenvalue weighted by molar-refractivity contribution is 0.905. The Balaban J connectivity index is 2.48. The Kier molecular flexibility index (Phi) is 4.29. The van der Waals surface area contributed by atoms with Crippen LogP contribution in [0.5, 0.6) is 0 Å². The molecule has 0 radical (unpaired) electrons. The molecule has 19 heavy (non-hydrogen) atoms. The molecule has 2 heterocycles. The van der Waals surface area contributed by atoms with Crippen molar-refractivity contribution >= 4 is 12.4 Å². The van der Waals surface area contributed by atoms with Crippen molar-refractivity contribution in [3.63, 3.8) is 0 Å². The van der Waals surface area contributed by atoms with Gasteiger partial charge in [0.15, 0.2) is 0 Å². The second kappa shape index (κ2) is 6.35. The molecule has 0 bridgehead atoms. The molecule has 0 amide bonds. The lowest BCUT2D eigenvalue weighted by Crippen LogP contribution is -2.04. The first-order valence-electron chi connectivity index (χ1n) is 5.90. The van der Waals surface area contributed by atoms with Crippen molar-refractivity contribution in [3.8, 4) is 0 Å². The van der Waals surface area contributed by atoms with E-state index in [0.29, 0.717) is 5.57 Å². The van der Waals surface area contributed by atoms with Crippen LogP contribution in [0.4, 0.5) is 0 Å². The zero-order chi connectivity index (χ0) is 13.5. The highest BCUT2D eigenvalue weighted by Gasteiger charge is 2.14. The maximum Gasteiger partial charge on any atom is 0.0626 e. The van der Waals surface area contributed by atoms with Gasteiger partial charge >= 0.3 is 0 Å². The molecule has 4 nitrogen and oxygen atoms in total. The summed E-state index contributed by atoms with van der Waals surface area (Å²) in [5, 5.41) is 14.6. The molecule has 4 heteroatoms. The number of nitrogens with zero attached hydrogens (tertiary/aromatic N) is 2. The molecule has 0 saturated carbocycles. The van der Waals surface area contributed by atoms with E-state index < -0.39 is 0 Å². The van der Waals surface area contributed by atoms with Crippen LogP contribution in [-0.4, -0.2) is 22.4 Å². The average Bonchev–Trinajstić information content (AvgIpc) is 2.50. The number of pyridine rings is 2. The molecule has 0 aliphatic carbocycles. The third-order valence-electron chi connectivity index (χ3n) is 2.71. The van der Waals surface area contributed by atoms with Crippen molar-refractivity contribution in [1.29, 1.82) is 10.8 Å². The highest BCUT2D eigenvalue weighted by molar-refractivity contribution is 6.01. The van der Waals surface area contributed by atoms with Crippen LogP contribution in [0.1, 0.15) is 17.3 Å². The smallest absolute Gasteiger partial charge is 0.0626 e. The van der Waals surface area contributed by atoms with E-state index in [1.807, 2.05) is 42.5 Å². The van der Waals surface area contributed by atoms with E-state index in [4.69, 9.17) is 10.8 Å². The summed E-state index contributed by atoms with van der Waals surface area (Å²) in [6.07, 6.45) is 7.60. The van der Waals surface area contributed by atoms with Crippen LogP contribution in [0.25, 0.3) is 0 Å². The molecule has 2 aromatic heterocycles. The second-order valence-corrected chi connectivity index (χ2v) is 3.94. The Labute approximate surface area is 111 Å². The van der Waals surface area contributed by atoms with E-state index in [0.717, 1.165) is 23.8 Å². The molecule has 0 spiro atoms. The SMILES string of the molecule is N=CC(C=N)=CC(c1ccccn1)c1ccccn1. The lowest BCUT2D eigenvalue weighted by Gasteiger charge is -2.12. The number of nitrogens with one attached hydrogen (secondary N) is 2. The van der Waals surface area contributed by atoms with Crippen LogP contribution < -0.4 is 0 Å². The number of hydrogen-bond donors (Lipinski definition) is 2. The maximum atomic E-state index is 7.29. The molecule has 2 rings (SSSR count). The molecular weight excluding hydrogens is 236 g/mol. The van der Waals surface area contributed by atoms with Crippen LogP contribution >= 0.6 is 0 Å². The fraction of sp³-hybridized carbons (Fsp3) is 0.0667. The van der Waals surface area contributed by atoms with E-state index in [2.05, 4.69) is 9.97 Å². The first-order chi connectivity index (χ1) is 9.35. The monoisotopic (exact) mass is 250 g/mol. The molecule has 0 aliphatic rings. The Morgan fingerprint density at radius 2 is 1.42 bits per heavy atom. The number of aromatic nitrogens is 2. The quantitative estimate of drug-likeness (QED) is 0.801. The van der Waals surface area contributed by atoms with Crippen molar-refractivity contribution in [2.75, 3.05) is 0 Å². The van der Waals surface area contributed by atoms with Gasteiger partial charge in [-0.1, -0.05) is 18.2 Å². The summed E-state index contributed by atoms with van der Waals surface area (Å²) in [4.78, 5) is 8.68. The van der Waals surface area contributed by atoms with Crippen LogP contribution in [0, 0.1) is 10.8 Å². The van der Waals surface area contributed by atoms with Crippen LogP contribution in [-0.2, 0) is 0 Å². The van der Waals surface area contributed by atoms with Crippen molar-refractivity contribution < 1.29 is 0 Å². The van der Waals surface area contributed by atoms with Crippen LogP contribution in [0.15, 0.2) is 60.4 Å². The van der Waals surface area contributed by atoms with Crippen molar-refractivity contribution in [3.05, 3.63) is 71.8 Å². The minimum Gasteiger partial charge on any atom is -0.308 e. The number of rotatable bonds is 5. The van der Waals surface area contributed by atoms with Crippen molar-refractivity contribution in [2.45, 2.75) is 5.92 Å². The first kappa shape index (κ1) is 12.8. The average molecular weight is 250 g/mol. The maximum absolute atomic E-state index is 7.29. The summed E-state index contributed by atoms with van der Waals surface area (Å²) in [6, 6.07) is 11.4. The fourth-order valence-corrected chi connectivity index (χ4v) is 1.77. The van der Waals surface area contributed by atoms with Gasteiger partial charge in [-0.25, -0.2) is 0 Å². The van der Waals surface area contributed by atoms with Gasteiger partial charge in [-0.05, 0) is 24.3 Å². The predicted octanol–water partition coefficient (Wildman–Crippen LogP) is 2.83. The Morgan fingerprint density at radius 1 is 0.895 bits per heavy atom. The summed E-state index contributed by atoms with van der Waals surface area (Å²) < 4.78 is 0. The molecule has 0 aromatic carbocycles. The van der Waals surface area contributed by atoms with E-state index in [1.54, 1.807) is 12.4 Å². The molecule has 0 aliphatic heterocycles. The van der Waals surface area contributed by atoms with Crippen LogP contribution in [0.2, 0.25) is 0 Å². The fourth-order valence-electron chi connectivity index (χ4n) is 1.77. The largest absolute Gasteiger partial charge is 0.308 e. The Bertz CT molecular complexity index is 526. The highest BCUT2D eigenvalue weighted by Crippen LogP contribution is 2.23. The highest BCUT2D eigenvalue weighted by atomic mass is 14.7. The standard InChI is InChI=1S/C15H14N4/c16-10-12(11-17)9-13(14-5-1-3-7-18-14)15-6-2-4-8-19-15/h1-11,13,16-17H. The van der Waals surface area contributed by atoms with Gasteiger partial charge in [-0.2, -0.15) is 0 Å². The molecule has 0 fully saturated rings. The van der Waals surface area contributed by atoms with Gasteiger partial charge in [0, 0.05) is 30.4 Å². The summed E-state index contributed by atoms with van der Waals surface area (Å²) in [6.45, 7) is 0. The second-order valence-electron chi connectivity index (χ2n) is 3.94. The molecule has 0 unspecified atom stereocenters. The zero-order valence-corrected chi connectivity index (χ0v) is 10.3. The summed E-state index contributed by atoms with van der Waals surface area (Å²) >= 11 is 0. The van der Waals surface area contributed by atoms with Gasteiger partial charge in [0.05, 0.1) is 17.3 Å². The van der Waals surface area contributed by atoms with Gasteiger partial charge < -0.3 is 10.8 Å². The minimum atomic E-state index is -0.152. The normalized spacial score (nSPS) is 9.95. The van der Waals surface area contributed by atoms with Gasteiger partial charge in [-0.15, -0.1) is 0 Å². The number of allylic oxidation sites excluding steroid dienone is 2. The predicted molar refractivity (Wildman–Crippen MR) is 76.0 cm³/mol. The molecule has 0 atom stereocenters. The van der Waals surface area contributed by atoms with E-state index in [1.165, 1.54) is 0 Å². The summed E-state index contributed by atoms with van der Waals surface area (Å²) in [5.74, 6) is -0.152. The first-order valence-corrected chi connectivity index (χ1v) is 5.90. The topological polar surface area (TPSA) is 73.5 Å².